The largest absolute Gasteiger partial charge is 0.484 e. The van der Waals surface area contributed by atoms with E-state index in [0.717, 1.165) is 18.4 Å². The molecule has 0 unspecified atom stereocenters. The molecule has 0 radical (unpaired) electrons. The van der Waals surface area contributed by atoms with E-state index in [4.69, 9.17) is 4.74 Å². The Morgan fingerprint density at radius 3 is 2.36 bits per heavy atom. The Hall–Kier alpha value is -3.35. The van der Waals surface area contributed by atoms with Crippen molar-refractivity contribution in [2.45, 2.75) is 33.1 Å². The molecule has 0 heterocycles. The first-order chi connectivity index (χ1) is 13.5. The summed E-state index contributed by atoms with van der Waals surface area (Å²) in [6, 6.07) is 13.9. The summed E-state index contributed by atoms with van der Waals surface area (Å²) in [7, 11) is 0. The first-order valence-electron chi connectivity index (χ1n) is 9.22. The molecule has 7 heteroatoms. The smallest absolute Gasteiger partial charge is 0.276 e. The van der Waals surface area contributed by atoms with Gasteiger partial charge in [-0.1, -0.05) is 26.0 Å². The van der Waals surface area contributed by atoms with Gasteiger partial charge in [0.25, 0.3) is 11.8 Å². The zero-order valence-corrected chi connectivity index (χ0v) is 16.1. The third-order valence-electron chi connectivity index (χ3n) is 3.90. The summed E-state index contributed by atoms with van der Waals surface area (Å²) in [6.45, 7) is 3.75. The first kappa shape index (κ1) is 21.0. The summed E-state index contributed by atoms with van der Waals surface area (Å²) in [5.41, 5.74) is 6.72. The van der Waals surface area contributed by atoms with Crippen molar-refractivity contribution in [3.8, 4) is 5.75 Å². The normalized spacial score (nSPS) is 10.1. The third-order valence-corrected chi connectivity index (χ3v) is 3.90. The summed E-state index contributed by atoms with van der Waals surface area (Å²) < 4.78 is 5.42. The van der Waals surface area contributed by atoms with Gasteiger partial charge in [0.05, 0.1) is 0 Å². The van der Waals surface area contributed by atoms with Crippen molar-refractivity contribution in [3.05, 3.63) is 59.7 Å². The van der Waals surface area contributed by atoms with E-state index in [1.165, 1.54) is 0 Å². The molecule has 2 aromatic carbocycles. The number of carbonyl (C=O) groups excluding carboxylic acids is 3. The molecule has 0 aliphatic carbocycles. The molecule has 0 spiro atoms. The van der Waals surface area contributed by atoms with Gasteiger partial charge in [-0.25, -0.2) is 0 Å². The van der Waals surface area contributed by atoms with Crippen LogP contribution in [0.3, 0.4) is 0 Å². The zero-order valence-electron chi connectivity index (χ0n) is 16.1. The lowest BCUT2D eigenvalue weighted by Gasteiger charge is -2.10. The van der Waals surface area contributed by atoms with Crippen molar-refractivity contribution in [3.63, 3.8) is 0 Å². The van der Waals surface area contributed by atoms with Crippen LogP contribution in [0.15, 0.2) is 48.5 Å². The highest BCUT2D eigenvalue weighted by molar-refractivity contribution is 5.96. The fourth-order valence-corrected chi connectivity index (χ4v) is 2.39. The lowest BCUT2D eigenvalue weighted by atomic mass is 10.2. The van der Waals surface area contributed by atoms with Crippen LogP contribution in [0.5, 0.6) is 5.75 Å². The summed E-state index contributed by atoms with van der Waals surface area (Å²) >= 11 is 0. The Morgan fingerprint density at radius 2 is 1.68 bits per heavy atom. The topological polar surface area (TPSA) is 96.5 Å². The number of benzene rings is 2. The van der Waals surface area contributed by atoms with Crippen LogP contribution >= 0.6 is 0 Å². The van der Waals surface area contributed by atoms with Crippen molar-refractivity contribution in [1.29, 1.82) is 0 Å². The fourth-order valence-electron chi connectivity index (χ4n) is 2.39. The lowest BCUT2D eigenvalue weighted by Crippen LogP contribution is -2.43. The van der Waals surface area contributed by atoms with E-state index in [9.17, 15) is 14.4 Å². The second-order valence-electron chi connectivity index (χ2n) is 6.17. The van der Waals surface area contributed by atoms with Gasteiger partial charge < -0.3 is 10.1 Å². The van der Waals surface area contributed by atoms with Gasteiger partial charge in [-0.3, -0.25) is 25.2 Å². The van der Waals surface area contributed by atoms with Gasteiger partial charge in [-0.15, -0.1) is 0 Å². The van der Waals surface area contributed by atoms with E-state index >= 15 is 0 Å². The molecule has 0 fully saturated rings. The van der Waals surface area contributed by atoms with Gasteiger partial charge in [0.1, 0.15) is 5.75 Å². The van der Waals surface area contributed by atoms with Crippen LogP contribution in [0.25, 0.3) is 0 Å². The highest BCUT2D eigenvalue weighted by atomic mass is 16.5. The molecule has 148 valence electrons. The SMILES string of the molecule is CCCC(=O)Nc1ccc(C(=O)NNC(=O)COc2cccc(CC)c2)cc1. The molecule has 0 saturated carbocycles. The standard InChI is InChI=1S/C21H25N3O4/c1-3-6-19(25)22-17-11-9-16(10-12-17)21(27)24-23-20(26)14-28-18-8-5-7-15(4-2)13-18/h5,7-13H,3-4,6,14H2,1-2H3,(H,22,25)(H,23,26)(H,24,27). The molecule has 2 aromatic rings. The molecule has 0 aromatic heterocycles. The second-order valence-corrected chi connectivity index (χ2v) is 6.17. The van der Waals surface area contributed by atoms with E-state index in [0.29, 0.717) is 23.4 Å². The summed E-state index contributed by atoms with van der Waals surface area (Å²) in [5.74, 6) is -0.413. The number of hydrogen-bond donors (Lipinski definition) is 3. The number of ether oxygens (including phenoxy) is 1. The number of nitrogens with one attached hydrogen (secondary N) is 3. The maximum atomic E-state index is 12.1. The van der Waals surface area contributed by atoms with E-state index in [2.05, 4.69) is 16.2 Å². The zero-order chi connectivity index (χ0) is 20.4. The van der Waals surface area contributed by atoms with Crippen LogP contribution in [-0.2, 0) is 16.0 Å². The number of amides is 3. The van der Waals surface area contributed by atoms with E-state index in [1.54, 1.807) is 30.3 Å². The second kappa shape index (κ2) is 10.7. The average Bonchev–Trinajstić information content (AvgIpc) is 2.71. The number of hydrazine groups is 1. The van der Waals surface area contributed by atoms with Crippen LogP contribution in [-0.4, -0.2) is 24.3 Å². The summed E-state index contributed by atoms with van der Waals surface area (Å²) in [4.78, 5) is 35.5. The Labute approximate surface area is 164 Å². The van der Waals surface area contributed by atoms with Crippen LogP contribution in [0.4, 0.5) is 5.69 Å². The molecular formula is C21H25N3O4. The van der Waals surface area contributed by atoms with Gasteiger partial charge in [0.15, 0.2) is 6.61 Å². The maximum absolute atomic E-state index is 12.1. The molecule has 0 bridgehead atoms. The average molecular weight is 383 g/mol. The van der Waals surface area contributed by atoms with Gasteiger partial charge in [-0.05, 0) is 54.8 Å². The van der Waals surface area contributed by atoms with E-state index < -0.39 is 11.8 Å². The first-order valence-corrected chi connectivity index (χ1v) is 9.22. The minimum atomic E-state index is -0.473. The van der Waals surface area contributed by atoms with Crippen molar-refractivity contribution < 1.29 is 19.1 Å². The number of hydrogen-bond acceptors (Lipinski definition) is 4. The minimum Gasteiger partial charge on any atom is -0.484 e. The minimum absolute atomic E-state index is 0.0727. The monoisotopic (exact) mass is 383 g/mol. The highest BCUT2D eigenvalue weighted by Gasteiger charge is 2.09. The summed E-state index contributed by atoms with van der Waals surface area (Å²) in [5, 5.41) is 2.74. The van der Waals surface area contributed by atoms with Gasteiger partial charge >= 0.3 is 0 Å². The Morgan fingerprint density at radius 1 is 0.929 bits per heavy atom. The third kappa shape index (κ3) is 6.75. The predicted octanol–water partition coefficient (Wildman–Crippen LogP) is 2.83. The van der Waals surface area contributed by atoms with Crippen molar-refractivity contribution in [2.24, 2.45) is 0 Å². The van der Waals surface area contributed by atoms with E-state index in [1.807, 2.05) is 32.0 Å². The highest BCUT2D eigenvalue weighted by Crippen LogP contribution is 2.13. The Balaban J connectivity index is 1.77. The van der Waals surface area contributed by atoms with Crippen LogP contribution in [0, 0.1) is 0 Å². The molecule has 2 rings (SSSR count). The van der Waals surface area contributed by atoms with Crippen molar-refractivity contribution in [1.82, 2.24) is 10.9 Å². The Kier molecular flexibility index (Phi) is 8.02. The summed E-state index contributed by atoms with van der Waals surface area (Å²) in [6.07, 6.45) is 2.08. The number of anilines is 1. The lowest BCUT2D eigenvalue weighted by molar-refractivity contribution is -0.123. The quantitative estimate of drug-likeness (QED) is 0.611. The molecule has 0 aliphatic heterocycles. The van der Waals surface area contributed by atoms with E-state index in [-0.39, 0.29) is 12.5 Å². The molecule has 7 nitrogen and oxygen atoms in total. The van der Waals surface area contributed by atoms with Crippen LogP contribution < -0.4 is 20.9 Å². The van der Waals surface area contributed by atoms with Gasteiger partial charge in [0, 0.05) is 17.7 Å². The number of aryl methyl sites for hydroxylation is 1. The van der Waals surface area contributed by atoms with Gasteiger partial charge in [0.2, 0.25) is 5.91 Å². The molecule has 28 heavy (non-hydrogen) atoms. The molecule has 0 aliphatic rings. The van der Waals surface area contributed by atoms with Gasteiger partial charge in [-0.2, -0.15) is 0 Å². The molecular weight excluding hydrogens is 358 g/mol. The molecule has 0 atom stereocenters. The number of carbonyl (C=O) groups is 3. The molecule has 3 amide bonds. The van der Waals surface area contributed by atoms with Crippen molar-refractivity contribution in [2.75, 3.05) is 11.9 Å². The fraction of sp³-hybridized carbons (Fsp3) is 0.286. The predicted molar refractivity (Wildman–Crippen MR) is 107 cm³/mol. The van der Waals surface area contributed by atoms with Crippen LogP contribution in [0.1, 0.15) is 42.6 Å². The number of rotatable bonds is 8. The Bertz CT molecular complexity index is 819. The van der Waals surface area contributed by atoms with Crippen LogP contribution in [0.2, 0.25) is 0 Å². The van der Waals surface area contributed by atoms with Crippen molar-refractivity contribution >= 4 is 23.4 Å². The molecule has 3 N–H and O–H groups in total. The molecule has 0 saturated heterocycles. The maximum Gasteiger partial charge on any atom is 0.276 e.